The van der Waals surface area contributed by atoms with E-state index in [1.165, 1.54) is 12.1 Å². The Balaban J connectivity index is 1.41. The molecule has 1 unspecified atom stereocenters. The van der Waals surface area contributed by atoms with Crippen molar-refractivity contribution in [2.45, 2.75) is 39.2 Å². The summed E-state index contributed by atoms with van der Waals surface area (Å²) in [6, 6.07) is 40.4. The standard InChI is InChI=1S/C40H36FN5O2/c1-29-24-44(25-32-19-21-34(41)22-20-32)40(47)37-38(48-28-33-16-9-4-10-17-33)36-35(18-11-23-42-36)39(46(29)37)43-45(26-30-12-5-2-6-13-30)27-31-14-7-3-8-15-31/h2-23,29H,24-28H2,1H3/b43-39-. The van der Waals surface area contributed by atoms with Gasteiger partial charge in [0.05, 0.1) is 19.1 Å². The molecule has 0 saturated carbocycles. The summed E-state index contributed by atoms with van der Waals surface area (Å²) in [6.07, 6.45) is 1.72. The molecule has 0 saturated heterocycles. The number of carbonyl (C=O) groups is 1. The second-order valence-electron chi connectivity index (χ2n) is 12.1. The summed E-state index contributed by atoms with van der Waals surface area (Å²) in [7, 11) is 0. The maximum absolute atomic E-state index is 14.6. The smallest absolute Gasteiger partial charge is 0.274 e. The van der Waals surface area contributed by atoms with Crippen molar-refractivity contribution in [2.24, 2.45) is 5.10 Å². The monoisotopic (exact) mass is 637 g/mol. The molecule has 2 aromatic heterocycles. The number of halogens is 1. The van der Waals surface area contributed by atoms with Gasteiger partial charge in [-0.2, -0.15) is 5.10 Å². The van der Waals surface area contributed by atoms with E-state index in [0.717, 1.165) is 27.6 Å². The molecule has 1 aliphatic heterocycles. The first kappa shape index (κ1) is 30.9. The number of hydrogen-bond donors (Lipinski definition) is 0. The molecule has 6 aromatic rings. The van der Waals surface area contributed by atoms with Gasteiger partial charge in [0.1, 0.15) is 17.9 Å². The van der Waals surface area contributed by atoms with E-state index in [1.54, 1.807) is 23.2 Å². The van der Waals surface area contributed by atoms with Gasteiger partial charge < -0.3 is 14.2 Å². The first-order valence-corrected chi connectivity index (χ1v) is 16.1. The molecule has 0 aliphatic carbocycles. The Morgan fingerprint density at radius 1 is 0.792 bits per heavy atom. The molecular weight excluding hydrogens is 601 g/mol. The Hall–Kier alpha value is -5.76. The maximum Gasteiger partial charge on any atom is 0.274 e. The van der Waals surface area contributed by atoms with Gasteiger partial charge in [0.15, 0.2) is 16.9 Å². The predicted molar refractivity (Wildman–Crippen MR) is 184 cm³/mol. The Morgan fingerprint density at radius 3 is 2.02 bits per heavy atom. The van der Waals surface area contributed by atoms with Crippen molar-refractivity contribution in [3.63, 3.8) is 0 Å². The van der Waals surface area contributed by atoms with Gasteiger partial charge in [-0.3, -0.25) is 14.8 Å². The third-order valence-electron chi connectivity index (χ3n) is 8.53. The molecule has 1 atom stereocenters. The summed E-state index contributed by atoms with van der Waals surface area (Å²) in [5.74, 6) is -0.0807. The van der Waals surface area contributed by atoms with E-state index >= 15 is 0 Å². The second-order valence-corrected chi connectivity index (χ2v) is 12.1. The third-order valence-corrected chi connectivity index (χ3v) is 8.53. The van der Waals surface area contributed by atoms with E-state index in [9.17, 15) is 9.18 Å². The van der Waals surface area contributed by atoms with Crippen LogP contribution in [0.15, 0.2) is 139 Å². The Labute approximate surface area is 279 Å². The van der Waals surface area contributed by atoms with Crippen LogP contribution in [0.5, 0.6) is 5.75 Å². The van der Waals surface area contributed by atoms with Gasteiger partial charge in [-0.15, -0.1) is 0 Å². The molecule has 1 amide bonds. The third kappa shape index (κ3) is 6.69. The Morgan fingerprint density at radius 2 is 1.40 bits per heavy atom. The van der Waals surface area contributed by atoms with E-state index in [0.29, 0.717) is 48.6 Å². The predicted octanol–water partition coefficient (Wildman–Crippen LogP) is 7.49. The lowest BCUT2D eigenvalue weighted by atomic mass is 10.1. The first-order valence-electron chi connectivity index (χ1n) is 16.1. The van der Waals surface area contributed by atoms with Crippen molar-refractivity contribution in [3.05, 3.63) is 173 Å². The van der Waals surface area contributed by atoms with Gasteiger partial charge in [-0.25, -0.2) is 4.39 Å². The normalized spacial score (nSPS) is 14.6. The van der Waals surface area contributed by atoms with Crippen LogP contribution in [0.3, 0.4) is 0 Å². The van der Waals surface area contributed by atoms with Crippen molar-refractivity contribution < 1.29 is 13.9 Å². The van der Waals surface area contributed by atoms with Crippen molar-refractivity contribution in [2.75, 3.05) is 6.54 Å². The highest BCUT2D eigenvalue weighted by Gasteiger charge is 2.35. The number of amides is 1. The van der Waals surface area contributed by atoms with Crippen LogP contribution < -0.4 is 10.2 Å². The van der Waals surface area contributed by atoms with Gasteiger partial charge in [-0.05, 0) is 53.4 Å². The van der Waals surface area contributed by atoms with Crippen LogP contribution in [0.4, 0.5) is 4.39 Å². The number of rotatable bonds is 10. The van der Waals surface area contributed by atoms with Crippen LogP contribution in [0.2, 0.25) is 0 Å². The number of pyridine rings is 2. The zero-order valence-electron chi connectivity index (χ0n) is 26.7. The molecule has 7 rings (SSSR count). The molecule has 8 heteroatoms. The average Bonchev–Trinajstić information content (AvgIpc) is 3.12. The van der Waals surface area contributed by atoms with Crippen LogP contribution in [0.1, 0.15) is 45.7 Å². The zero-order valence-corrected chi connectivity index (χ0v) is 26.7. The molecule has 4 aromatic carbocycles. The number of nitrogens with zero attached hydrogens (tertiary/aromatic N) is 5. The fraction of sp³-hybridized carbons (Fsp3) is 0.175. The number of aromatic nitrogens is 2. The van der Waals surface area contributed by atoms with Gasteiger partial charge in [0.2, 0.25) is 0 Å². The van der Waals surface area contributed by atoms with Crippen molar-refractivity contribution in [1.29, 1.82) is 0 Å². The van der Waals surface area contributed by atoms with Crippen LogP contribution in [-0.2, 0) is 26.2 Å². The van der Waals surface area contributed by atoms with Gasteiger partial charge in [0, 0.05) is 24.7 Å². The summed E-state index contributed by atoms with van der Waals surface area (Å²) in [5.41, 5.74) is 5.68. The summed E-state index contributed by atoms with van der Waals surface area (Å²) in [6.45, 7) is 4.27. The Kier molecular flexibility index (Phi) is 8.96. The molecule has 0 N–H and O–H groups in total. The lowest BCUT2D eigenvalue weighted by molar-refractivity contribution is 0.0645. The minimum absolute atomic E-state index is 0.157. The van der Waals surface area contributed by atoms with E-state index in [4.69, 9.17) is 14.8 Å². The number of carbonyl (C=O) groups excluding carboxylic acids is 1. The summed E-state index contributed by atoms with van der Waals surface area (Å²) in [5, 5.41) is 8.18. The van der Waals surface area contributed by atoms with Crippen LogP contribution in [0.25, 0.3) is 10.9 Å². The highest BCUT2D eigenvalue weighted by Crippen LogP contribution is 2.33. The highest BCUT2D eigenvalue weighted by molar-refractivity contribution is 6.01. The zero-order chi connectivity index (χ0) is 32.9. The van der Waals surface area contributed by atoms with Crippen molar-refractivity contribution in [1.82, 2.24) is 19.5 Å². The van der Waals surface area contributed by atoms with E-state index in [-0.39, 0.29) is 24.4 Å². The molecular formula is C40H36FN5O2. The first-order chi connectivity index (χ1) is 23.5. The molecule has 0 radical (unpaired) electrons. The highest BCUT2D eigenvalue weighted by atomic mass is 19.1. The number of hydrogen-bond acceptors (Lipinski definition) is 5. The molecule has 0 spiro atoms. The summed E-state index contributed by atoms with van der Waals surface area (Å²) < 4.78 is 22.3. The SMILES string of the molecule is CC1CN(Cc2ccc(F)cc2)C(=O)c2c(OCc3ccccc3)c3ncccc3/c(=N/N(Cc3ccccc3)Cc3ccccc3)n21. The Bertz CT molecular complexity index is 2040. The molecule has 1 aliphatic rings. The average molecular weight is 638 g/mol. The molecule has 48 heavy (non-hydrogen) atoms. The maximum atomic E-state index is 14.6. The lowest BCUT2D eigenvalue weighted by Gasteiger charge is -2.36. The largest absolute Gasteiger partial charge is 0.484 e. The second kappa shape index (κ2) is 13.9. The fourth-order valence-corrected chi connectivity index (χ4v) is 6.25. The fourth-order valence-electron chi connectivity index (χ4n) is 6.25. The minimum Gasteiger partial charge on any atom is -0.484 e. The van der Waals surface area contributed by atoms with Gasteiger partial charge >= 0.3 is 0 Å². The van der Waals surface area contributed by atoms with Gasteiger partial charge in [-0.1, -0.05) is 103 Å². The quantitative estimate of drug-likeness (QED) is 0.146. The molecule has 240 valence electrons. The van der Waals surface area contributed by atoms with E-state index in [1.807, 2.05) is 88.4 Å². The lowest BCUT2D eigenvalue weighted by Crippen LogP contribution is -2.47. The molecule has 7 nitrogen and oxygen atoms in total. The van der Waals surface area contributed by atoms with E-state index in [2.05, 4.69) is 31.2 Å². The molecule has 0 bridgehead atoms. The number of ether oxygens (including phenoxy) is 1. The van der Waals surface area contributed by atoms with E-state index < -0.39 is 0 Å². The summed E-state index contributed by atoms with van der Waals surface area (Å²) >= 11 is 0. The topological polar surface area (TPSA) is 63.0 Å². The van der Waals surface area contributed by atoms with Gasteiger partial charge in [0.25, 0.3) is 5.91 Å². The summed E-state index contributed by atoms with van der Waals surface area (Å²) in [4.78, 5) is 21.2. The van der Waals surface area contributed by atoms with Crippen LogP contribution >= 0.6 is 0 Å². The minimum atomic E-state index is -0.311. The number of benzene rings is 4. The molecule has 3 heterocycles. The van der Waals surface area contributed by atoms with Crippen LogP contribution in [-0.4, -0.2) is 31.9 Å². The van der Waals surface area contributed by atoms with Crippen molar-refractivity contribution in [3.8, 4) is 5.75 Å². The van der Waals surface area contributed by atoms with Crippen LogP contribution in [0, 0.1) is 5.82 Å². The molecule has 0 fully saturated rings. The van der Waals surface area contributed by atoms with Crippen molar-refractivity contribution >= 4 is 16.8 Å². The number of fused-ring (bicyclic) bond motifs is 2.